The summed E-state index contributed by atoms with van der Waals surface area (Å²) in [7, 11) is -2.32. The Bertz CT molecular complexity index is 780. The predicted octanol–water partition coefficient (Wildman–Crippen LogP) is 4.15. The topological polar surface area (TPSA) is 55.4 Å². The van der Waals surface area contributed by atoms with Crippen LogP contribution in [0.5, 0.6) is 5.75 Å². The van der Waals surface area contributed by atoms with Crippen molar-refractivity contribution in [3.63, 3.8) is 0 Å². The van der Waals surface area contributed by atoms with Crippen molar-refractivity contribution in [2.45, 2.75) is 17.9 Å². The van der Waals surface area contributed by atoms with Crippen LogP contribution in [0.2, 0.25) is 5.02 Å². The summed E-state index contributed by atoms with van der Waals surface area (Å²) in [4.78, 5) is 0.0725. The van der Waals surface area contributed by atoms with E-state index >= 15 is 0 Å². The molecule has 0 aliphatic rings. The van der Waals surface area contributed by atoms with Gasteiger partial charge in [-0.2, -0.15) is 0 Å². The maximum atomic E-state index is 12.6. The Hall–Kier alpha value is -1.08. The number of sulfonamides is 1. The van der Waals surface area contributed by atoms with Crippen LogP contribution < -0.4 is 9.46 Å². The van der Waals surface area contributed by atoms with Gasteiger partial charge in [0.25, 0.3) is 0 Å². The molecule has 7 heteroatoms. The van der Waals surface area contributed by atoms with Gasteiger partial charge in [0.2, 0.25) is 10.0 Å². The van der Waals surface area contributed by atoms with Crippen LogP contribution in [0.15, 0.2) is 51.8 Å². The minimum absolute atomic E-state index is 0.0725. The summed E-state index contributed by atoms with van der Waals surface area (Å²) in [5, 5.41) is 0.513. The third-order valence-corrected chi connectivity index (χ3v) is 5.52. The Morgan fingerprint density at radius 2 is 1.91 bits per heavy atom. The SMILES string of the molecule is COc1ccc(Br)cc1S(=O)(=O)NC(C)c1ccccc1Cl. The van der Waals surface area contributed by atoms with Crippen LogP contribution >= 0.6 is 27.5 Å². The number of methoxy groups -OCH3 is 1. The first-order valence-corrected chi connectivity index (χ1v) is 9.11. The molecule has 0 amide bonds. The summed E-state index contributed by atoms with van der Waals surface area (Å²) >= 11 is 9.38. The first kappa shape index (κ1) is 17.3. The lowest BCUT2D eigenvalue weighted by atomic mass is 10.1. The Kier molecular flexibility index (Phi) is 5.50. The van der Waals surface area contributed by atoms with Crippen molar-refractivity contribution in [1.29, 1.82) is 0 Å². The maximum Gasteiger partial charge on any atom is 0.244 e. The summed E-state index contributed by atoms with van der Waals surface area (Å²) in [6.07, 6.45) is 0. The number of benzene rings is 2. The molecule has 0 fully saturated rings. The van der Waals surface area contributed by atoms with Crippen LogP contribution in [0.3, 0.4) is 0 Å². The molecule has 0 spiro atoms. The average Bonchev–Trinajstić information content (AvgIpc) is 2.47. The first-order chi connectivity index (χ1) is 10.3. The molecule has 0 radical (unpaired) electrons. The Morgan fingerprint density at radius 1 is 1.23 bits per heavy atom. The molecule has 0 saturated carbocycles. The second-order valence-corrected chi connectivity index (χ2v) is 7.66. The van der Waals surface area contributed by atoms with E-state index in [1.807, 2.05) is 6.07 Å². The molecule has 0 aromatic heterocycles. The zero-order valence-corrected chi connectivity index (χ0v) is 15.2. The van der Waals surface area contributed by atoms with E-state index in [1.54, 1.807) is 37.3 Å². The van der Waals surface area contributed by atoms with Crippen molar-refractivity contribution < 1.29 is 13.2 Å². The monoisotopic (exact) mass is 403 g/mol. The van der Waals surface area contributed by atoms with Crippen LogP contribution in [0.25, 0.3) is 0 Å². The molecule has 4 nitrogen and oxygen atoms in total. The second kappa shape index (κ2) is 7.00. The van der Waals surface area contributed by atoms with Crippen molar-refractivity contribution in [1.82, 2.24) is 4.72 Å². The molecule has 2 rings (SSSR count). The molecule has 1 atom stereocenters. The fourth-order valence-electron chi connectivity index (χ4n) is 2.05. The third kappa shape index (κ3) is 3.81. The zero-order valence-electron chi connectivity index (χ0n) is 12.0. The number of ether oxygens (including phenoxy) is 1. The van der Waals surface area contributed by atoms with Crippen molar-refractivity contribution in [3.8, 4) is 5.75 Å². The standard InChI is InChI=1S/C15H15BrClNO3S/c1-10(12-5-3-4-6-13(12)17)18-22(19,20)15-9-11(16)7-8-14(15)21-2/h3-10,18H,1-2H3. The van der Waals surface area contributed by atoms with E-state index in [-0.39, 0.29) is 10.6 Å². The molecule has 1 N–H and O–H groups in total. The van der Waals surface area contributed by atoms with E-state index < -0.39 is 16.1 Å². The lowest BCUT2D eigenvalue weighted by Gasteiger charge is -2.17. The molecule has 0 heterocycles. The highest BCUT2D eigenvalue weighted by Gasteiger charge is 2.23. The number of hydrogen-bond acceptors (Lipinski definition) is 3. The fourth-order valence-corrected chi connectivity index (χ4v) is 4.28. The van der Waals surface area contributed by atoms with E-state index in [1.165, 1.54) is 13.2 Å². The summed E-state index contributed by atoms with van der Waals surface area (Å²) in [6, 6.07) is 11.5. The van der Waals surface area contributed by atoms with Crippen LogP contribution in [-0.4, -0.2) is 15.5 Å². The van der Waals surface area contributed by atoms with E-state index in [9.17, 15) is 8.42 Å². The van der Waals surface area contributed by atoms with E-state index in [0.29, 0.717) is 15.1 Å². The van der Waals surface area contributed by atoms with Crippen LogP contribution in [-0.2, 0) is 10.0 Å². The highest BCUT2D eigenvalue weighted by molar-refractivity contribution is 9.10. The lowest BCUT2D eigenvalue weighted by molar-refractivity contribution is 0.402. The molecule has 2 aromatic rings. The van der Waals surface area contributed by atoms with Gasteiger partial charge in [-0.15, -0.1) is 0 Å². The molecule has 118 valence electrons. The third-order valence-electron chi connectivity index (χ3n) is 3.12. The molecule has 0 saturated heterocycles. The molecule has 1 unspecified atom stereocenters. The summed E-state index contributed by atoms with van der Waals surface area (Å²) in [5.74, 6) is 0.280. The number of rotatable bonds is 5. The molecule has 0 bridgehead atoms. The van der Waals surface area contributed by atoms with Crippen molar-refractivity contribution in [3.05, 3.63) is 57.5 Å². The normalized spacial score (nSPS) is 12.9. The lowest BCUT2D eigenvalue weighted by Crippen LogP contribution is -2.27. The molecular weight excluding hydrogens is 390 g/mol. The molecule has 0 aliphatic heterocycles. The van der Waals surface area contributed by atoms with Crippen LogP contribution in [0.1, 0.15) is 18.5 Å². The van der Waals surface area contributed by atoms with Crippen molar-refractivity contribution >= 4 is 37.6 Å². The average molecular weight is 405 g/mol. The van der Waals surface area contributed by atoms with Gasteiger partial charge in [0, 0.05) is 15.5 Å². The van der Waals surface area contributed by atoms with Crippen molar-refractivity contribution in [2.24, 2.45) is 0 Å². The summed E-state index contributed by atoms with van der Waals surface area (Å²) < 4.78 is 33.6. The van der Waals surface area contributed by atoms with Gasteiger partial charge in [0.1, 0.15) is 10.6 Å². The highest BCUT2D eigenvalue weighted by Crippen LogP contribution is 2.29. The van der Waals surface area contributed by atoms with Gasteiger partial charge in [-0.3, -0.25) is 0 Å². The smallest absolute Gasteiger partial charge is 0.244 e. The van der Waals surface area contributed by atoms with Gasteiger partial charge in [0.05, 0.1) is 7.11 Å². The van der Waals surface area contributed by atoms with Crippen molar-refractivity contribution in [2.75, 3.05) is 7.11 Å². The highest BCUT2D eigenvalue weighted by atomic mass is 79.9. The maximum absolute atomic E-state index is 12.6. The molecule has 22 heavy (non-hydrogen) atoms. The van der Waals surface area contributed by atoms with Gasteiger partial charge >= 0.3 is 0 Å². The number of halogens is 2. The minimum Gasteiger partial charge on any atom is -0.495 e. The minimum atomic E-state index is -3.75. The second-order valence-electron chi connectivity index (χ2n) is 4.66. The zero-order chi connectivity index (χ0) is 16.3. The number of hydrogen-bond donors (Lipinski definition) is 1. The van der Waals surface area contributed by atoms with Crippen LogP contribution in [0.4, 0.5) is 0 Å². The van der Waals surface area contributed by atoms with Gasteiger partial charge in [0.15, 0.2) is 0 Å². The Balaban J connectivity index is 2.36. The molecule has 0 aliphatic carbocycles. The molecular formula is C15H15BrClNO3S. The molecule has 2 aromatic carbocycles. The van der Waals surface area contributed by atoms with Gasteiger partial charge in [-0.25, -0.2) is 13.1 Å². The number of nitrogens with one attached hydrogen (secondary N) is 1. The largest absolute Gasteiger partial charge is 0.495 e. The summed E-state index contributed by atoms with van der Waals surface area (Å²) in [6.45, 7) is 1.74. The van der Waals surface area contributed by atoms with Gasteiger partial charge < -0.3 is 4.74 Å². The predicted molar refractivity (Wildman–Crippen MR) is 90.9 cm³/mol. The Labute approximate surface area is 143 Å². The quantitative estimate of drug-likeness (QED) is 0.814. The van der Waals surface area contributed by atoms with E-state index in [0.717, 1.165) is 0 Å². The van der Waals surface area contributed by atoms with Gasteiger partial charge in [-0.1, -0.05) is 45.7 Å². The summed E-state index contributed by atoms with van der Waals surface area (Å²) in [5.41, 5.74) is 0.710. The van der Waals surface area contributed by atoms with Crippen LogP contribution in [0, 0.1) is 0 Å². The first-order valence-electron chi connectivity index (χ1n) is 6.45. The fraction of sp³-hybridized carbons (Fsp3) is 0.200. The van der Waals surface area contributed by atoms with Gasteiger partial charge in [-0.05, 0) is 36.8 Å². The van der Waals surface area contributed by atoms with E-state index in [2.05, 4.69) is 20.7 Å². The Morgan fingerprint density at radius 3 is 2.55 bits per heavy atom. The van der Waals surface area contributed by atoms with E-state index in [4.69, 9.17) is 16.3 Å².